The number of benzene rings is 1. The van der Waals surface area contributed by atoms with E-state index in [1.165, 1.54) is 0 Å². The molecule has 3 heteroatoms. The first kappa shape index (κ1) is 14.4. The Morgan fingerprint density at radius 1 is 1.40 bits per heavy atom. The van der Waals surface area contributed by atoms with E-state index in [9.17, 15) is 4.39 Å². The molecule has 0 fully saturated rings. The van der Waals surface area contributed by atoms with E-state index in [1.807, 2.05) is 6.07 Å². The summed E-state index contributed by atoms with van der Waals surface area (Å²) in [6.07, 6.45) is 1.01. The number of aryl methyl sites for hydroxylation is 1. The summed E-state index contributed by atoms with van der Waals surface area (Å²) in [6.45, 7) is 5.94. The average Bonchev–Trinajstić information content (AvgIpc) is 2.20. The van der Waals surface area contributed by atoms with Crippen molar-refractivity contribution in [3.8, 4) is 0 Å². The topological polar surface area (TPSA) is 26.0 Å². The van der Waals surface area contributed by atoms with Gasteiger partial charge in [-0.25, -0.2) is 4.39 Å². The molecular weight excluding hydrogens is 213 g/mol. The lowest BCUT2D eigenvalue weighted by Crippen LogP contribution is -2.18. The quantitative estimate of drug-likeness (QED) is 0.845. The van der Waals surface area contributed by atoms with Crippen molar-refractivity contribution in [3.63, 3.8) is 0 Å². The highest BCUT2D eigenvalue weighted by Gasteiger charge is 2.13. The Morgan fingerprint density at radius 3 is 2.47 bits per heavy atom. The van der Waals surface area contributed by atoms with Crippen LogP contribution in [0.4, 0.5) is 4.39 Å². The standard InChI is InChI=1S/C12H18FN.ClH/c1-4-8(2)12(14)10-6-5-9(3)11(13)7-10;/h5-8,12H,4,14H2,1-3H3;1H/t8?,12-;/m1./s1. The summed E-state index contributed by atoms with van der Waals surface area (Å²) >= 11 is 0. The first-order valence-electron chi connectivity index (χ1n) is 5.08. The van der Waals surface area contributed by atoms with Crippen molar-refractivity contribution in [2.24, 2.45) is 11.7 Å². The molecule has 0 aromatic heterocycles. The molecule has 2 N–H and O–H groups in total. The van der Waals surface area contributed by atoms with Crippen LogP contribution in [0.2, 0.25) is 0 Å². The highest BCUT2D eigenvalue weighted by molar-refractivity contribution is 5.85. The molecule has 0 radical (unpaired) electrons. The number of rotatable bonds is 3. The lowest BCUT2D eigenvalue weighted by Gasteiger charge is -2.18. The second kappa shape index (κ2) is 6.09. The number of halogens is 2. The predicted octanol–water partition coefficient (Wildman–Crippen LogP) is 3.60. The van der Waals surface area contributed by atoms with Crippen LogP contribution in [0.3, 0.4) is 0 Å². The fourth-order valence-corrected chi connectivity index (χ4v) is 1.40. The van der Waals surface area contributed by atoms with Gasteiger partial charge in [0.05, 0.1) is 0 Å². The molecule has 0 saturated heterocycles. The molecule has 2 atom stereocenters. The third kappa shape index (κ3) is 3.47. The summed E-state index contributed by atoms with van der Waals surface area (Å²) in [7, 11) is 0. The molecular formula is C12H19ClFN. The number of nitrogens with two attached hydrogens (primary N) is 1. The van der Waals surface area contributed by atoms with Gasteiger partial charge in [-0.15, -0.1) is 12.4 Å². The van der Waals surface area contributed by atoms with Crippen LogP contribution in [0.1, 0.15) is 37.4 Å². The van der Waals surface area contributed by atoms with Crippen molar-refractivity contribution in [1.82, 2.24) is 0 Å². The van der Waals surface area contributed by atoms with Crippen LogP contribution in [-0.4, -0.2) is 0 Å². The zero-order valence-corrected chi connectivity index (χ0v) is 10.3. The first-order chi connectivity index (χ1) is 6.56. The molecule has 15 heavy (non-hydrogen) atoms. The average molecular weight is 232 g/mol. The molecule has 0 spiro atoms. The molecule has 86 valence electrons. The molecule has 0 bridgehead atoms. The monoisotopic (exact) mass is 231 g/mol. The summed E-state index contributed by atoms with van der Waals surface area (Å²) in [5.41, 5.74) is 7.56. The maximum atomic E-state index is 13.3. The second-order valence-corrected chi connectivity index (χ2v) is 3.92. The minimum atomic E-state index is -0.166. The van der Waals surface area contributed by atoms with Crippen LogP contribution in [0.25, 0.3) is 0 Å². The molecule has 1 rings (SSSR count). The van der Waals surface area contributed by atoms with E-state index in [1.54, 1.807) is 19.1 Å². The SMILES string of the molecule is CCC(C)[C@@H](N)c1ccc(C)c(F)c1.Cl. The molecule has 0 amide bonds. The normalized spacial score (nSPS) is 14.2. The lowest BCUT2D eigenvalue weighted by molar-refractivity contribution is 0.454. The molecule has 1 nitrogen and oxygen atoms in total. The van der Waals surface area contributed by atoms with Gasteiger partial charge < -0.3 is 5.73 Å². The van der Waals surface area contributed by atoms with Gasteiger partial charge in [0, 0.05) is 6.04 Å². The summed E-state index contributed by atoms with van der Waals surface area (Å²) in [4.78, 5) is 0. The Kier molecular flexibility index (Phi) is 5.84. The van der Waals surface area contributed by atoms with E-state index in [4.69, 9.17) is 5.73 Å². The maximum absolute atomic E-state index is 13.3. The molecule has 1 aromatic carbocycles. The van der Waals surface area contributed by atoms with E-state index in [2.05, 4.69) is 13.8 Å². The largest absolute Gasteiger partial charge is 0.324 e. The molecule has 0 aliphatic heterocycles. The van der Waals surface area contributed by atoms with Gasteiger partial charge in [0.25, 0.3) is 0 Å². The van der Waals surface area contributed by atoms with E-state index in [-0.39, 0.29) is 24.3 Å². The van der Waals surface area contributed by atoms with Crippen LogP contribution in [0, 0.1) is 18.7 Å². The molecule has 0 heterocycles. The van der Waals surface area contributed by atoms with Gasteiger partial charge in [-0.1, -0.05) is 32.4 Å². The minimum absolute atomic E-state index is 0. The van der Waals surface area contributed by atoms with Gasteiger partial charge in [0.2, 0.25) is 0 Å². The highest BCUT2D eigenvalue weighted by Crippen LogP contribution is 2.23. The van der Waals surface area contributed by atoms with E-state index < -0.39 is 0 Å². The third-order valence-corrected chi connectivity index (χ3v) is 2.84. The first-order valence-corrected chi connectivity index (χ1v) is 5.08. The van der Waals surface area contributed by atoms with Crippen LogP contribution in [0.15, 0.2) is 18.2 Å². The Bertz CT molecular complexity index is 314. The van der Waals surface area contributed by atoms with Crippen molar-refractivity contribution >= 4 is 12.4 Å². The van der Waals surface area contributed by atoms with Gasteiger partial charge in [-0.2, -0.15) is 0 Å². The molecule has 0 aliphatic rings. The summed E-state index contributed by atoms with van der Waals surface area (Å²) in [5.74, 6) is 0.221. The second-order valence-electron chi connectivity index (χ2n) is 3.92. The van der Waals surface area contributed by atoms with Crippen molar-refractivity contribution in [1.29, 1.82) is 0 Å². The van der Waals surface area contributed by atoms with Crippen LogP contribution < -0.4 is 5.73 Å². The van der Waals surface area contributed by atoms with Gasteiger partial charge in [0.1, 0.15) is 5.82 Å². The van der Waals surface area contributed by atoms with Gasteiger partial charge in [0.15, 0.2) is 0 Å². The van der Waals surface area contributed by atoms with Crippen LogP contribution in [-0.2, 0) is 0 Å². The third-order valence-electron chi connectivity index (χ3n) is 2.84. The predicted molar refractivity (Wildman–Crippen MR) is 64.8 cm³/mol. The van der Waals surface area contributed by atoms with Crippen LogP contribution >= 0.6 is 12.4 Å². The fraction of sp³-hybridized carbons (Fsp3) is 0.500. The van der Waals surface area contributed by atoms with Crippen molar-refractivity contribution in [2.75, 3.05) is 0 Å². The molecule has 0 saturated carbocycles. The number of hydrogen-bond donors (Lipinski definition) is 1. The Morgan fingerprint density at radius 2 is 2.00 bits per heavy atom. The molecule has 0 aliphatic carbocycles. The Hall–Kier alpha value is -0.600. The number of hydrogen-bond acceptors (Lipinski definition) is 1. The van der Waals surface area contributed by atoms with Gasteiger partial charge >= 0.3 is 0 Å². The Labute approximate surface area is 97.3 Å². The maximum Gasteiger partial charge on any atom is 0.126 e. The van der Waals surface area contributed by atoms with Gasteiger partial charge in [-0.3, -0.25) is 0 Å². The summed E-state index contributed by atoms with van der Waals surface area (Å²) in [5, 5.41) is 0. The van der Waals surface area contributed by atoms with Crippen molar-refractivity contribution in [3.05, 3.63) is 35.1 Å². The Balaban J connectivity index is 0.00000196. The van der Waals surface area contributed by atoms with E-state index >= 15 is 0 Å². The van der Waals surface area contributed by atoms with E-state index in [0.717, 1.165) is 12.0 Å². The zero-order chi connectivity index (χ0) is 10.7. The molecule has 1 unspecified atom stereocenters. The van der Waals surface area contributed by atoms with Gasteiger partial charge in [-0.05, 0) is 30.0 Å². The minimum Gasteiger partial charge on any atom is -0.324 e. The smallest absolute Gasteiger partial charge is 0.126 e. The van der Waals surface area contributed by atoms with Crippen molar-refractivity contribution < 1.29 is 4.39 Å². The van der Waals surface area contributed by atoms with Crippen molar-refractivity contribution in [2.45, 2.75) is 33.2 Å². The molecule has 1 aromatic rings. The summed E-state index contributed by atoms with van der Waals surface area (Å²) < 4.78 is 13.3. The van der Waals surface area contributed by atoms with Crippen LogP contribution in [0.5, 0.6) is 0 Å². The summed E-state index contributed by atoms with van der Waals surface area (Å²) in [6, 6.07) is 5.18. The zero-order valence-electron chi connectivity index (χ0n) is 9.46. The van der Waals surface area contributed by atoms with E-state index in [0.29, 0.717) is 11.5 Å². The fourth-order valence-electron chi connectivity index (χ4n) is 1.40. The lowest BCUT2D eigenvalue weighted by atomic mass is 9.93. The highest BCUT2D eigenvalue weighted by atomic mass is 35.5.